The standard InChI is InChI=1S/C37H54N4O10/c1-34-15-12-26-27(37(34,49)18-14-25(34)23-9-10-30(44)50-21-23)13-17-36(48)20-24(11-16-35(26,36)22-42)51-31(45)8-4-2-3-7-29(43)41-28(32(46)47)6-5-19-40-33(38)39/h9-10,21-22,24-28,48-49H,2-8,11-20H2,1H3,(H,41,43)(H,46,47)(H4,38,39,40)/t24-,25+,26-,27+,28-,34+,35-,36-,37-/m0/s1. The molecule has 4 aliphatic rings. The van der Waals surface area contributed by atoms with E-state index in [1.54, 1.807) is 6.07 Å². The first-order chi connectivity index (χ1) is 24.2. The van der Waals surface area contributed by atoms with Crippen molar-refractivity contribution in [3.63, 3.8) is 0 Å². The number of carboxylic acids is 1. The van der Waals surface area contributed by atoms with Crippen LogP contribution in [0.1, 0.15) is 121 Å². The number of amides is 1. The van der Waals surface area contributed by atoms with Crippen LogP contribution in [-0.2, 0) is 23.9 Å². The molecule has 51 heavy (non-hydrogen) atoms. The van der Waals surface area contributed by atoms with Gasteiger partial charge in [-0.05, 0) is 106 Å². The van der Waals surface area contributed by atoms with Crippen molar-refractivity contribution in [1.82, 2.24) is 5.32 Å². The third kappa shape index (κ3) is 7.58. The van der Waals surface area contributed by atoms with Crippen molar-refractivity contribution >= 4 is 30.1 Å². The number of carboxylic acid groups (broad SMARTS) is 1. The Morgan fingerprint density at radius 1 is 1.02 bits per heavy atom. The molecule has 0 spiro atoms. The van der Waals surface area contributed by atoms with Gasteiger partial charge in [0.05, 0.1) is 22.9 Å². The molecule has 0 unspecified atom stereocenters. The summed E-state index contributed by atoms with van der Waals surface area (Å²) in [5.41, 5.74) is 7.12. The topological polar surface area (TPSA) is 245 Å². The van der Waals surface area contributed by atoms with Crippen molar-refractivity contribution in [2.24, 2.45) is 39.1 Å². The molecule has 0 bridgehead atoms. The largest absolute Gasteiger partial charge is 0.480 e. The predicted molar refractivity (Wildman–Crippen MR) is 185 cm³/mol. The second-order valence-corrected chi connectivity index (χ2v) is 15.6. The lowest BCUT2D eigenvalue weighted by atomic mass is 9.41. The highest BCUT2D eigenvalue weighted by atomic mass is 16.5. The van der Waals surface area contributed by atoms with E-state index in [0.717, 1.165) is 18.3 Å². The van der Waals surface area contributed by atoms with E-state index < -0.39 is 51.7 Å². The molecule has 1 aromatic rings. The van der Waals surface area contributed by atoms with Crippen molar-refractivity contribution in [2.45, 2.75) is 139 Å². The number of guanidine groups is 1. The minimum atomic E-state index is -1.35. The number of nitrogens with one attached hydrogen (secondary N) is 1. The number of rotatable bonds is 15. The summed E-state index contributed by atoms with van der Waals surface area (Å²) in [6.07, 6.45) is 8.78. The Labute approximate surface area is 297 Å². The number of aldehydes is 1. The monoisotopic (exact) mass is 714 g/mol. The zero-order valence-corrected chi connectivity index (χ0v) is 29.5. The molecule has 4 saturated carbocycles. The summed E-state index contributed by atoms with van der Waals surface area (Å²) in [5, 5.41) is 36.5. The summed E-state index contributed by atoms with van der Waals surface area (Å²) < 4.78 is 11.0. The lowest BCUT2D eigenvalue weighted by Gasteiger charge is -2.65. The van der Waals surface area contributed by atoms with E-state index in [1.165, 1.54) is 12.3 Å². The van der Waals surface area contributed by atoms with Gasteiger partial charge in [0.2, 0.25) is 5.91 Å². The van der Waals surface area contributed by atoms with Gasteiger partial charge in [0.15, 0.2) is 5.96 Å². The second kappa shape index (κ2) is 15.4. The number of carbonyl (C=O) groups is 4. The summed E-state index contributed by atoms with van der Waals surface area (Å²) in [5.74, 6) is -2.36. The average Bonchev–Trinajstić information content (AvgIpc) is 3.36. The average molecular weight is 715 g/mol. The van der Waals surface area contributed by atoms with Gasteiger partial charge in [-0.25, -0.2) is 9.59 Å². The van der Waals surface area contributed by atoms with E-state index in [0.29, 0.717) is 70.6 Å². The van der Waals surface area contributed by atoms with Gasteiger partial charge in [0.25, 0.3) is 0 Å². The summed E-state index contributed by atoms with van der Waals surface area (Å²) in [6.45, 7) is 2.38. The van der Waals surface area contributed by atoms with Crippen LogP contribution in [0.2, 0.25) is 0 Å². The first-order valence-corrected chi connectivity index (χ1v) is 18.4. The quantitative estimate of drug-likeness (QED) is 0.0505. The molecule has 14 heteroatoms. The van der Waals surface area contributed by atoms with Gasteiger partial charge in [-0.15, -0.1) is 0 Å². The molecule has 9 atom stereocenters. The summed E-state index contributed by atoms with van der Waals surface area (Å²) in [4.78, 5) is 65.1. The summed E-state index contributed by atoms with van der Waals surface area (Å²) in [7, 11) is 0. The van der Waals surface area contributed by atoms with Gasteiger partial charge in [0.1, 0.15) is 18.4 Å². The second-order valence-electron chi connectivity index (χ2n) is 15.6. The Hall–Kier alpha value is -3.78. The molecule has 1 aromatic heterocycles. The molecule has 14 nitrogen and oxygen atoms in total. The molecular formula is C37H54N4O10. The Balaban J connectivity index is 1.10. The number of fused-ring (bicyclic) bond motifs is 5. The molecule has 282 valence electrons. The normalized spacial score (nSPS) is 34.6. The first-order valence-electron chi connectivity index (χ1n) is 18.4. The smallest absolute Gasteiger partial charge is 0.335 e. The molecule has 4 aliphatic carbocycles. The number of nitrogens with zero attached hydrogens (tertiary/aromatic N) is 1. The van der Waals surface area contributed by atoms with Gasteiger partial charge < -0.3 is 46.1 Å². The van der Waals surface area contributed by atoms with E-state index in [4.69, 9.17) is 20.6 Å². The molecule has 0 aliphatic heterocycles. The summed E-state index contributed by atoms with van der Waals surface area (Å²) >= 11 is 0. The lowest BCUT2D eigenvalue weighted by molar-refractivity contribution is -0.248. The van der Waals surface area contributed by atoms with Crippen LogP contribution in [0, 0.1) is 22.7 Å². The SMILES string of the molecule is C[C@]12CC[C@H]3[C@@H](CC[C@]4(O)C[C@@H](OC(=O)CCCCCC(=O)N[C@@H](CCCN=C(N)N)C(=O)O)CC[C@]34C=O)[C@@]1(O)CC[C@@H]2c1ccc(=O)oc1. The highest BCUT2D eigenvalue weighted by Gasteiger charge is 2.71. The zero-order chi connectivity index (χ0) is 37.0. The van der Waals surface area contributed by atoms with Gasteiger partial charge in [-0.2, -0.15) is 0 Å². The number of esters is 1. The number of aliphatic imine (C=N–C) groups is 1. The van der Waals surface area contributed by atoms with Crippen molar-refractivity contribution in [1.29, 1.82) is 0 Å². The number of ether oxygens (including phenoxy) is 1. The predicted octanol–water partition coefficient (Wildman–Crippen LogP) is 2.66. The molecule has 4 fully saturated rings. The van der Waals surface area contributed by atoms with E-state index in [2.05, 4.69) is 17.2 Å². The minimum Gasteiger partial charge on any atom is -0.480 e. The van der Waals surface area contributed by atoms with Crippen LogP contribution >= 0.6 is 0 Å². The zero-order valence-electron chi connectivity index (χ0n) is 29.5. The Morgan fingerprint density at radius 3 is 2.45 bits per heavy atom. The van der Waals surface area contributed by atoms with Crippen molar-refractivity contribution in [2.75, 3.05) is 6.54 Å². The van der Waals surface area contributed by atoms with Crippen molar-refractivity contribution in [3.05, 3.63) is 34.4 Å². The number of carbonyl (C=O) groups excluding carboxylic acids is 3. The van der Waals surface area contributed by atoms with Gasteiger partial charge in [0, 0.05) is 37.3 Å². The minimum absolute atomic E-state index is 0.0102. The van der Waals surface area contributed by atoms with E-state index in [-0.39, 0.29) is 61.8 Å². The number of nitrogens with two attached hydrogens (primary N) is 2. The van der Waals surface area contributed by atoms with Crippen LogP contribution in [-0.4, -0.2) is 75.3 Å². The molecule has 0 aromatic carbocycles. The molecule has 0 radical (unpaired) electrons. The van der Waals surface area contributed by atoms with Crippen LogP contribution in [0.5, 0.6) is 0 Å². The fourth-order valence-corrected chi connectivity index (χ4v) is 10.3. The van der Waals surface area contributed by atoms with Crippen LogP contribution < -0.4 is 22.4 Å². The third-order valence-corrected chi connectivity index (χ3v) is 13.0. The molecule has 0 saturated heterocycles. The van der Waals surface area contributed by atoms with Crippen LogP contribution in [0.15, 0.2) is 32.6 Å². The number of hydrogen-bond donors (Lipinski definition) is 6. The number of aliphatic carboxylic acids is 1. The van der Waals surface area contributed by atoms with Crippen LogP contribution in [0.3, 0.4) is 0 Å². The maximum absolute atomic E-state index is 13.1. The molecule has 1 heterocycles. The summed E-state index contributed by atoms with van der Waals surface area (Å²) in [6, 6.07) is 2.16. The Bertz CT molecular complexity index is 1520. The first kappa shape index (κ1) is 38.5. The van der Waals surface area contributed by atoms with Gasteiger partial charge in [-0.1, -0.05) is 13.3 Å². The van der Waals surface area contributed by atoms with Gasteiger partial charge >= 0.3 is 17.6 Å². The van der Waals surface area contributed by atoms with Crippen LogP contribution in [0.25, 0.3) is 0 Å². The van der Waals surface area contributed by atoms with E-state index >= 15 is 0 Å². The maximum Gasteiger partial charge on any atom is 0.335 e. The number of hydrogen-bond acceptors (Lipinski definition) is 10. The van der Waals surface area contributed by atoms with E-state index in [1.807, 2.05) is 0 Å². The molecule has 8 N–H and O–H groups in total. The fraction of sp³-hybridized carbons (Fsp3) is 0.730. The number of aliphatic hydroxyl groups is 2. The van der Waals surface area contributed by atoms with Crippen LogP contribution in [0.4, 0.5) is 0 Å². The highest BCUT2D eigenvalue weighted by Crippen LogP contribution is 2.71. The highest BCUT2D eigenvalue weighted by molar-refractivity contribution is 5.83. The van der Waals surface area contributed by atoms with Gasteiger partial charge in [-0.3, -0.25) is 14.6 Å². The molecule has 1 amide bonds. The molecule has 5 rings (SSSR count). The fourth-order valence-electron chi connectivity index (χ4n) is 10.3. The maximum atomic E-state index is 13.1. The van der Waals surface area contributed by atoms with Crippen molar-refractivity contribution in [3.8, 4) is 0 Å². The lowest BCUT2D eigenvalue weighted by Crippen LogP contribution is -2.68. The molecular weight excluding hydrogens is 660 g/mol. The third-order valence-electron chi connectivity index (χ3n) is 13.0. The Morgan fingerprint density at radius 2 is 1.76 bits per heavy atom. The number of unbranched alkanes of at least 4 members (excludes halogenated alkanes) is 2. The Kier molecular flexibility index (Phi) is 11.6. The van der Waals surface area contributed by atoms with Crippen molar-refractivity contribution < 1.29 is 43.7 Å². The van der Waals surface area contributed by atoms with E-state index in [9.17, 15) is 39.3 Å².